The Morgan fingerprint density at radius 3 is 2.67 bits per heavy atom. The monoisotopic (exact) mass is 327 g/mol. The second kappa shape index (κ2) is 6.19. The third-order valence-corrected chi connectivity index (χ3v) is 5.08. The number of aryl methyl sites for hydroxylation is 1. The topological polar surface area (TPSA) is 98.3 Å². The molecule has 0 spiro atoms. The molecule has 0 fully saturated rings. The van der Waals surface area contributed by atoms with Gasteiger partial charge < -0.3 is 4.74 Å². The minimum Gasteiger partial charge on any atom is -0.465 e. The largest absolute Gasteiger partial charge is 0.465 e. The third kappa shape index (κ3) is 3.37. The molecule has 0 saturated carbocycles. The van der Waals surface area contributed by atoms with Gasteiger partial charge in [0.2, 0.25) is 5.13 Å². The van der Waals surface area contributed by atoms with Crippen molar-refractivity contribution in [3.63, 3.8) is 0 Å². The highest BCUT2D eigenvalue weighted by molar-refractivity contribution is 7.93. The van der Waals surface area contributed by atoms with Crippen LogP contribution < -0.4 is 4.72 Å². The molecule has 0 unspecified atom stereocenters. The molecule has 7 nitrogen and oxygen atoms in total. The van der Waals surface area contributed by atoms with Crippen LogP contribution in [-0.2, 0) is 21.2 Å². The van der Waals surface area contributed by atoms with Gasteiger partial charge in [0, 0.05) is 0 Å². The molecular formula is C12H13N3O4S2. The molecule has 0 aliphatic carbocycles. The van der Waals surface area contributed by atoms with Crippen molar-refractivity contribution in [2.75, 3.05) is 11.8 Å². The van der Waals surface area contributed by atoms with Crippen LogP contribution in [0.5, 0.6) is 0 Å². The summed E-state index contributed by atoms with van der Waals surface area (Å²) in [6, 6.07) is 5.80. The molecule has 9 heteroatoms. The molecule has 0 aliphatic rings. The van der Waals surface area contributed by atoms with E-state index in [0.29, 0.717) is 11.4 Å². The molecule has 0 radical (unpaired) electrons. The molecule has 1 aromatic heterocycles. The normalized spacial score (nSPS) is 11.1. The number of aromatic nitrogens is 2. The highest BCUT2D eigenvalue weighted by atomic mass is 32.2. The number of nitrogens with zero attached hydrogens (tertiary/aromatic N) is 2. The fourth-order valence-corrected chi connectivity index (χ4v) is 3.69. The molecule has 2 aromatic rings. The summed E-state index contributed by atoms with van der Waals surface area (Å²) >= 11 is 1.15. The molecule has 1 aromatic carbocycles. The van der Waals surface area contributed by atoms with Crippen molar-refractivity contribution in [2.24, 2.45) is 0 Å². The van der Waals surface area contributed by atoms with E-state index in [1.807, 2.05) is 6.92 Å². The molecule has 21 heavy (non-hydrogen) atoms. The lowest BCUT2D eigenvalue weighted by molar-refractivity contribution is 0.0596. The number of methoxy groups -OCH3 is 1. The fourth-order valence-electron chi connectivity index (χ4n) is 1.59. The highest BCUT2D eigenvalue weighted by Crippen LogP contribution is 2.22. The Balaban J connectivity index is 2.38. The number of rotatable bonds is 5. The van der Waals surface area contributed by atoms with Crippen LogP contribution >= 0.6 is 11.3 Å². The van der Waals surface area contributed by atoms with Crippen LogP contribution in [0.15, 0.2) is 29.2 Å². The van der Waals surface area contributed by atoms with Gasteiger partial charge in [-0.05, 0) is 18.6 Å². The van der Waals surface area contributed by atoms with Crippen molar-refractivity contribution in [1.29, 1.82) is 0 Å². The zero-order chi connectivity index (χ0) is 15.5. The van der Waals surface area contributed by atoms with E-state index >= 15 is 0 Å². The Hall–Kier alpha value is -2.00. The van der Waals surface area contributed by atoms with Gasteiger partial charge in [-0.15, -0.1) is 10.2 Å². The minimum atomic E-state index is -3.94. The lowest BCUT2D eigenvalue weighted by atomic mass is 10.2. The first-order valence-corrected chi connectivity index (χ1v) is 8.30. The van der Waals surface area contributed by atoms with Crippen molar-refractivity contribution in [3.8, 4) is 0 Å². The van der Waals surface area contributed by atoms with Gasteiger partial charge in [-0.3, -0.25) is 4.72 Å². The second-order valence-corrected chi connectivity index (χ2v) is 6.66. The van der Waals surface area contributed by atoms with Gasteiger partial charge in [0.05, 0.1) is 12.7 Å². The van der Waals surface area contributed by atoms with Gasteiger partial charge in [0.15, 0.2) is 0 Å². The maximum Gasteiger partial charge on any atom is 0.339 e. The third-order valence-electron chi connectivity index (χ3n) is 2.57. The van der Waals surface area contributed by atoms with E-state index in [1.165, 1.54) is 25.3 Å². The number of carbonyl (C=O) groups excluding carboxylic acids is 1. The highest BCUT2D eigenvalue weighted by Gasteiger charge is 2.23. The van der Waals surface area contributed by atoms with Crippen molar-refractivity contribution < 1.29 is 17.9 Å². The van der Waals surface area contributed by atoms with Gasteiger partial charge in [-0.1, -0.05) is 30.4 Å². The summed E-state index contributed by atoms with van der Waals surface area (Å²) in [5.74, 6) is -0.720. The first-order valence-electron chi connectivity index (χ1n) is 6.00. The lowest BCUT2D eigenvalue weighted by Crippen LogP contribution is -2.17. The summed E-state index contributed by atoms with van der Waals surface area (Å²) in [6.07, 6.45) is 0.665. The number of benzene rings is 1. The molecule has 0 saturated heterocycles. The van der Waals surface area contributed by atoms with E-state index in [1.54, 1.807) is 6.07 Å². The number of esters is 1. The molecule has 0 amide bonds. The van der Waals surface area contributed by atoms with Crippen molar-refractivity contribution in [2.45, 2.75) is 18.2 Å². The van der Waals surface area contributed by atoms with Crippen LogP contribution in [0.1, 0.15) is 22.3 Å². The Morgan fingerprint density at radius 2 is 2.05 bits per heavy atom. The molecule has 0 aliphatic heterocycles. The van der Waals surface area contributed by atoms with Crippen molar-refractivity contribution in [1.82, 2.24) is 10.2 Å². The smallest absolute Gasteiger partial charge is 0.339 e. The van der Waals surface area contributed by atoms with Crippen LogP contribution in [0.25, 0.3) is 0 Å². The summed E-state index contributed by atoms with van der Waals surface area (Å²) in [5.41, 5.74) is -0.0345. The Morgan fingerprint density at radius 1 is 1.33 bits per heavy atom. The van der Waals surface area contributed by atoms with Crippen LogP contribution in [0.4, 0.5) is 5.13 Å². The average molecular weight is 327 g/mol. The molecule has 1 heterocycles. The molecule has 2 rings (SSSR count). The number of anilines is 1. The number of hydrogen-bond donors (Lipinski definition) is 1. The predicted molar refractivity (Wildman–Crippen MR) is 77.9 cm³/mol. The summed E-state index contributed by atoms with van der Waals surface area (Å²) < 4.78 is 31.6. The molecule has 0 bridgehead atoms. The summed E-state index contributed by atoms with van der Waals surface area (Å²) in [4.78, 5) is 11.5. The van der Waals surface area contributed by atoms with Gasteiger partial charge in [-0.2, -0.15) is 0 Å². The van der Waals surface area contributed by atoms with Crippen molar-refractivity contribution in [3.05, 3.63) is 34.8 Å². The Bertz CT molecular complexity index is 755. The predicted octanol–water partition coefficient (Wildman–Crippen LogP) is 1.69. The van der Waals surface area contributed by atoms with E-state index in [4.69, 9.17) is 0 Å². The first-order chi connectivity index (χ1) is 9.97. The second-order valence-electron chi connectivity index (χ2n) is 3.95. The fraction of sp³-hybridized carbons (Fsp3) is 0.250. The van der Waals surface area contributed by atoms with Crippen LogP contribution in [0.3, 0.4) is 0 Å². The van der Waals surface area contributed by atoms with E-state index in [0.717, 1.165) is 11.3 Å². The number of hydrogen-bond acceptors (Lipinski definition) is 7. The van der Waals surface area contributed by atoms with Gasteiger partial charge in [-0.25, -0.2) is 13.2 Å². The van der Waals surface area contributed by atoms with Gasteiger partial charge in [0.25, 0.3) is 10.0 Å². The summed E-state index contributed by atoms with van der Waals surface area (Å²) in [5, 5.41) is 8.47. The zero-order valence-corrected chi connectivity index (χ0v) is 13.0. The van der Waals surface area contributed by atoms with E-state index in [9.17, 15) is 13.2 Å². The maximum absolute atomic E-state index is 12.4. The van der Waals surface area contributed by atoms with Crippen LogP contribution in [0.2, 0.25) is 0 Å². The summed E-state index contributed by atoms with van der Waals surface area (Å²) in [6.45, 7) is 1.89. The Labute approximate surface area is 126 Å². The van der Waals surface area contributed by atoms with E-state index in [2.05, 4.69) is 19.7 Å². The number of ether oxygens (including phenoxy) is 1. The summed E-state index contributed by atoms with van der Waals surface area (Å²) in [7, 11) is -2.75. The Kier molecular flexibility index (Phi) is 4.53. The minimum absolute atomic E-state index is 0.0345. The molecule has 1 N–H and O–H groups in total. The lowest BCUT2D eigenvalue weighted by Gasteiger charge is -2.08. The van der Waals surface area contributed by atoms with Gasteiger partial charge >= 0.3 is 5.97 Å². The standard InChI is InChI=1S/C12H13N3O4S2/c1-3-10-13-14-12(20-10)15-21(17,18)9-7-5-4-6-8(9)11(16)19-2/h4-7H,3H2,1-2H3,(H,14,15). The van der Waals surface area contributed by atoms with Crippen LogP contribution in [-0.4, -0.2) is 31.7 Å². The van der Waals surface area contributed by atoms with Gasteiger partial charge in [0.1, 0.15) is 9.90 Å². The number of carbonyl (C=O) groups is 1. The quantitative estimate of drug-likeness (QED) is 0.839. The average Bonchev–Trinajstić information content (AvgIpc) is 2.93. The van der Waals surface area contributed by atoms with Crippen molar-refractivity contribution >= 4 is 32.5 Å². The molecule has 112 valence electrons. The number of sulfonamides is 1. The SMILES string of the molecule is CCc1nnc(NS(=O)(=O)c2ccccc2C(=O)OC)s1. The first kappa shape index (κ1) is 15.4. The molecule has 0 atom stereocenters. The van der Waals surface area contributed by atoms with E-state index in [-0.39, 0.29) is 15.6 Å². The maximum atomic E-state index is 12.4. The molecular weight excluding hydrogens is 314 g/mol. The van der Waals surface area contributed by atoms with E-state index < -0.39 is 16.0 Å². The van der Waals surface area contributed by atoms with Crippen LogP contribution in [0, 0.1) is 0 Å². The number of nitrogens with one attached hydrogen (secondary N) is 1. The zero-order valence-electron chi connectivity index (χ0n) is 11.4.